The Morgan fingerprint density at radius 3 is 2.52 bits per heavy atom. The minimum absolute atomic E-state index is 0.0616. The topological polar surface area (TPSA) is 75.7 Å². The van der Waals surface area contributed by atoms with Crippen LogP contribution in [0, 0.1) is 12.8 Å². The Hall–Kier alpha value is -1.44. The number of nitrogens with one attached hydrogen (secondary N) is 1. The standard InChI is InChI=1S/C18H26N2O4S/c1-14-5-6-16(19-18(21)15-7-11-24-12-8-15)13-17(14)25(22,23)20-9-3-2-4-10-20/h5-6,13,15H,2-4,7-12H2,1H3,(H,19,21). The molecule has 1 aromatic rings. The van der Waals surface area contributed by atoms with Crippen LogP contribution in [0.1, 0.15) is 37.7 Å². The van der Waals surface area contributed by atoms with Crippen molar-refractivity contribution in [3.63, 3.8) is 0 Å². The number of amides is 1. The quantitative estimate of drug-likeness (QED) is 0.888. The second kappa shape index (κ2) is 7.85. The molecule has 0 radical (unpaired) electrons. The fraction of sp³-hybridized carbons (Fsp3) is 0.611. The number of anilines is 1. The van der Waals surface area contributed by atoms with Gasteiger partial charge < -0.3 is 10.1 Å². The molecule has 0 spiro atoms. The molecule has 2 fully saturated rings. The fourth-order valence-corrected chi connectivity index (χ4v) is 5.17. The van der Waals surface area contributed by atoms with Crippen LogP contribution in [0.3, 0.4) is 0 Å². The van der Waals surface area contributed by atoms with Gasteiger partial charge in [0.05, 0.1) is 4.90 Å². The lowest BCUT2D eigenvalue weighted by Crippen LogP contribution is -2.36. The van der Waals surface area contributed by atoms with Crippen LogP contribution in [0.15, 0.2) is 23.1 Å². The van der Waals surface area contributed by atoms with E-state index in [1.54, 1.807) is 29.4 Å². The molecule has 138 valence electrons. The zero-order chi connectivity index (χ0) is 17.9. The van der Waals surface area contributed by atoms with E-state index in [1.165, 1.54) is 0 Å². The summed E-state index contributed by atoms with van der Waals surface area (Å²) in [6.07, 6.45) is 4.29. The van der Waals surface area contributed by atoms with Crippen molar-refractivity contribution in [3.05, 3.63) is 23.8 Å². The Morgan fingerprint density at radius 1 is 1.16 bits per heavy atom. The molecule has 2 aliphatic heterocycles. The zero-order valence-corrected chi connectivity index (χ0v) is 15.5. The summed E-state index contributed by atoms with van der Waals surface area (Å²) in [6, 6.07) is 5.12. The van der Waals surface area contributed by atoms with Crippen molar-refractivity contribution >= 4 is 21.6 Å². The number of ether oxygens (including phenoxy) is 1. The van der Waals surface area contributed by atoms with Gasteiger partial charge in [-0.05, 0) is 50.3 Å². The maximum absolute atomic E-state index is 12.9. The van der Waals surface area contributed by atoms with Gasteiger partial charge >= 0.3 is 0 Å². The van der Waals surface area contributed by atoms with E-state index in [4.69, 9.17) is 4.74 Å². The summed E-state index contributed by atoms with van der Waals surface area (Å²) in [6.45, 7) is 4.13. The van der Waals surface area contributed by atoms with Crippen LogP contribution in [-0.4, -0.2) is 44.9 Å². The smallest absolute Gasteiger partial charge is 0.243 e. The normalized spacial score (nSPS) is 20.4. The molecule has 3 rings (SSSR count). The number of carbonyl (C=O) groups is 1. The van der Waals surface area contributed by atoms with Gasteiger partial charge in [0.1, 0.15) is 0 Å². The minimum Gasteiger partial charge on any atom is -0.381 e. The minimum atomic E-state index is -3.51. The Bertz CT molecular complexity index is 721. The molecule has 1 N–H and O–H groups in total. The van der Waals surface area contributed by atoms with Crippen LogP contribution < -0.4 is 5.32 Å². The second-order valence-electron chi connectivity index (χ2n) is 6.82. The first-order valence-electron chi connectivity index (χ1n) is 8.98. The van der Waals surface area contributed by atoms with Gasteiger partial charge in [0.15, 0.2) is 0 Å². The summed E-state index contributed by atoms with van der Waals surface area (Å²) in [5.74, 6) is -0.134. The molecule has 0 aliphatic carbocycles. The molecule has 0 atom stereocenters. The molecule has 0 aromatic heterocycles. The first-order chi connectivity index (χ1) is 12.0. The fourth-order valence-electron chi connectivity index (χ4n) is 3.40. The maximum atomic E-state index is 12.9. The van der Waals surface area contributed by atoms with Crippen molar-refractivity contribution in [2.24, 2.45) is 5.92 Å². The molecule has 25 heavy (non-hydrogen) atoms. The zero-order valence-electron chi connectivity index (χ0n) is 14.7. The van der Waals surface area contributed by atoms with Gasteiger partial charge in [-0.2, -0.15) is 4.31 Å². The van der Waals surface area contributed by atoms with Crippen LogP contribution in [0.2, 0.25) is 0 Å². The molecular formula is C18H26N2O4S. The van der Waals surface area contributed by atoms with E-state index in [1.807, 2.05) is 0 Å². The Balaban J connectivity index is 1.79. The number of benzene rings is 1. The van der Waals surface area contributed by atoms with Crippen LogP contribution in [0.25, 0.3) is 0 Å². The van der Waals surface area contributed by atoms with Gasteiger partial charge in [0, 0.05) is 37.9 Å². The van der Waals surface area contributed by atoms with Crippen molar-refractivity contribution in [1.29, 1.82) is 0 Å². The molecule has 2 saturated heterocycles. The highest BCUT2D eigenvalue weighted by molar-refractivity contribution is 7.89. The number of hydrogen-bond acceptors (Lipinski definition) is 4. The average molecular weight is 366 g/mol. The highest BCUT2D eigenvalue weighted by Crippen LogP contribution is 2.26. The number of nitrogens with zero attached hydrogens (tertiary/aromatic N) is 1. The summed E-state index contributed by atoms with van der Waals surface area (Å²) in [7, 11) is -3.51. The largest absolute Gasteiger partial charge is 0.381 e. The van der Waals surface area contributed by atoms with E-state index >= 15 is 0 Å². The third-order valence-electron chi connectivity index (χ3n) is 4.98. The number of hydrogen-bond donors (Lipinski definition) is 1. The number of carbonyl (C=O) groups excluding carboxylic acids is 1. The Labute approximate surface area is 149 Å². The van der Waals surface area contributed by atoms with E-state index in [0.29, 0.717) is 55.3 Å². The van der Waals surface area contributed by atoms with E-state index in [2.05, 4.69) is 5.32 Å². The number of rotatable bonds is 4. The maximum Gasteiger partial charge on any atom is 0.243 e. The van der Waals surface area contributed by atoms with Crippen molar-refractivity contribution in [2.45, 2.75) is 43.9 Å². The highest BCUT2D eigenvalue weighted by Gasteiger charge is 2.28. The lowest BCUT2D eigenvalue weighted by molar-refractivity contribution is -0.122. The number of aryl methyl sites for hydroxylation is 1. The summed E-state index contributed by atoms with van der Waals surface area (Å²) in [4.78, 5) is 12.7. The molecule has 0 bridgehead atoms. The second-order valence-corrected chi connectivity index (χ2v) is 8.73. The molecular weight excluding hydrogens is 340 g/mol. The lowest BCUT2D eigenvalue weighted by atomic mass is 9.99. The first kappa shape index (κ1) is 18.4. The number of piperidine rings is 1. The predicted octanol–water partition coefficient (Wildman–Crippen LogP) is 2.53. The summed E-state index contributed by atoms with van der Waals surface area (Å²) >= 11 is 0. The monoisotopic (exact) mass is 366 g/mol. The predicted molar refractivity (Wildman–Crippen MR) is 96.0 cm³/mol. The molecule has 0 saturated carbocycles. The Kier molecular flexibility index (Phi) is 5.76. The van der Waals surface area contributed by atoms with Gasteiger partial charge in [0.25, 0.3) is 0 Å². The van der Waals surface area contributed by atoms with E-state index < -0.39 is 10.0 Å². The van der Waals surface area contributed by atoms with Crippen LogP contribution in [0.4, 0.5) is 5.69 Å². The van der Waals surface area contributed by atoms with Crippen molar-refractivity contribution < 1.29 is 17.9 Å². The molecule has 1 aromatic carbocycles. The van der Waals surface area contributed by atoms with E-state index in [9.17, 15) is 13.2 Å². The lowest BCUT2D eigenvalue weighted by Gasteiger charge is -2.27. The van der Waals surface area contributed by atoms with Crippen molar-refractivity contribution in [2.75, 3.05) is 31.6 Å². The molecule has 6 nitrogen and oxygen atoms in total. The molecule has 2 heterocycles. The third kappa shape index (κ3) is 4.22. The van der Waals surface area contributed by atoms with Gasteiger partial charge in [0.2, 0.25) is 15.9 Å². The van der Waals surface area contributed by atoms with E-state index in [0.717, 1.165) is 19.3 Å². The first-order valence-corrected chi connectivity index (χ1v) is 10.4. The number of sulfonamides is 1. The summed E-state index contributed by atoms with van der Waals surface area (Å²) in [5.41, 5.74) is 1.24. The molecule has 0 unspecified atom stereocenters. The van der Waals surface area contributed by atoms with Gasteiger partial charge in [-0.15, -0.1) is 0 Å². The highest BCUT2D eigenvalue weighted by atomic mass is 32.2. The van der Waals surface area contributed by atoms with E-state index in [-0.39, 0.29) is 11.8 Å². The van der Waals surface area contributed by atoms with Gasteiger partial charge in [-0.1, -0.05) is 12.5 Å². The average Bonchev–Trinajstić information content (AvgIpc) is 2.64. The molecule has 1 amide bonds. The molecule has 2 aliphatic rings. The van der Waals surface area contributed by atoms with Crippen molar-refractivity contribution in [1.82, 2.24) is 4.31 Å². The molecule has 7 heteroatoms. The van der Waals surface area contributed by atoms with Crippen LogP contribution >= 0.6 is 0 Å². The van der Waals surface area contributed by atoms with Gasteiger partial charge in [-0.25, -0.2) is 8.42 Å². The van der Waals surface area contributed by atoms with Gasteiger partial charge in [-0.3, -0.25) is 4.79 Å². The van der Waals surface area contributed by atoms with Crippen molar-refractivity contribution in [3.8, 4) is 0 Å². The van der Waals surface area contributed by atoms with Crippen LogP contribution in [0.5, 0.6) is 0 Å². The summed E-state index contributed by atoms with van der Waals surface area (Å²) < 4.78 is 32.7. The van der Waals surface area contributed by atoms with Crippen LogP contribution in [-0.2, 0) is 19.6 Å². The SMILES string of the molecule is Cc1ccc(NC(=O)C2CCOCC2)cc1S(=O)(=O)N1CCCCC1. The Morgan fingerprint density at radius 2 is 1.84 bits per heavy atom. The third-order valence-corrected chi connectivity index (χ3v) is 7.02. The summed E-state index contributed by atoms with van der Waals surface area (Å²) in [5, 5.41) is 2.88.